The van der Waals surface area contributed by atoms with Gasteiger partial charge in [0.15, 0.2) is 5.96 Å². The Morgan fingerprint density at radius 3 is 2.57 bits per heavy atom. The fourth-order valence-corrected chi connectivity index (χ4v) is 2.78. The number of hydrogen-bond donors (Lipinski definition) is 2. The molecule has 0 amide bonds. The van der Waals surface area contributed by atoms with Crippen LogP contribution in [0.2, 0.25) is 0 Å². The second-order valence-electron chi connectivity index (χ2n) is 5.87. The van der Waals surface area contributed by atoms with Crippen molar-refractivity contribution in [2.75, 3.05) is 30.9 Å². The molecule has 2 aromatic rings. The summed E-state index contributed by atoms with van der Waals surface area (Å²) in [5, 5.41) is 16.9. The summed E-state index contributed by atoms with van der Waals surface area (Å²) in [5.41, 5.74) is 0.608. The first-order chi connectivity index (χ1) is 13.4. The van der Waals surface area contributed by atoms with Gasteiger partial charge in [-0.2, -0.15) is 4.39 Å². The highest BCUT2D eigenvalue weighted by molar-refractivity contribution is 5.95. The molecular weight excluding hydrogens is 365 g/mol. The smallest absolute Gasteiger partial charge is 0.307 e. The van der Waals surface area contributed by atoms with Crippen LogP contribution < -0.4 is 20.3 Å². The lowest BCUT2D eigenvalue weighted by Crippen LogP contribution is -2.36. The maximum atomic E-state index is 13.8. The topological polar surface area (TPSA) is 92.0 Å². The molecule has 1 atom stereocenters. The lowest BCUT2D eigenvalue weighted by Gasteiger charge is -2.28. The van der Waals surface area contributed by atoms with Crippen molar-refractivity contribution in [3.05, 3.63) is 58.4 Å². The molecule has 0 bridgehead atoms. The zero-order valence-electron chi connectivity index (χ0n) is 16.3. The molecule has 8 nitrogen and oxygen atoms in total. The number of nitro benzene ring substituents is 1. The molecule has 9 heteroatoms. The number of benzene rings is 2. The SMILES string of the molecule is CCN(c1ccccc1)C(C)/N=C(\NC)Nc1cc([N+](=O)[O-])c(F)cc1OC. The monoisotopic (exact) mass is 389 g/mol. The molecule has 0 aliphatic rings. The number of nitro groups is 1. The fourth-order valence-electron chi connectivity index (χ4n) is 2.78. The Morgan fingerprint density at radius 1 is 1.36 bits per heavy atom. The third-order valence-corrected chi connectivity index (χ3v) is 4.15. The number of ether oxygens (including phenoxy) is 1. The van der Waals surface area contributed by atoms with E-state index in [1.165, 1.54) is 7.11 Å². The van der Waals surface area contributed by atoms with E-state index in [4.69, 9.17) is 4.74 Å². The van der Waals surface area contributed by atoms with E-state index in [1.54, 1.807) is 7.05 Å². The van der Waals surface area contributed by atoms with Gasteiger partial charge in [0, 0.05) is 31.4 Å². The van der Waals surface area contributed by atoms with Crippen molar-refractivity contribution in [1.82, 2.24) is 5.32 Å². The second kappa shape index (κ2) is 9.54. The number of guanidine groups is 1. The van der Waals surface area contributed by atoms with Crippen LogP contribution in [0.5, 0.6) is 5.75 Å². The molecule has 0 spiro atoms. The van der Waals surface area contributed by atoms with E-state index in [-0.39, 0.29) is 17.6 Å². The summed E-state index contributed by atoms with van der Waals surface area (Å²) < 4.78 is 19.0. The van der Waals surface area contributed by atoms with Crippen LogP contribution in [0.3, 0.4) is 0 Å². The number of anilines is 2. The number of nitrogens with zero attached hydrogens (tertiary/aromatic N) is 3. The standard InChI is InChI=1S/C19H24FN5O3/c1-5-24(14-9-7-6-8-10-14)13(2)22-19(21-3)23-16-12-17(25(26)27)15(20)11-18(16)28-4/h6-13H,5H2,1-4H3,(H2,21,22,23). The maximum absolute atomic E-state index is 13.8. The maximum Gasteiger partial charge on any atom is 0.307 e. The molecular formula is C19H24FN5O3. The van der Waals surface area contributed by atoms with Crippen molar-refractivity contribution in [2.45, 2.75) is 20.0 Å². The molecule has 0 aliphatic heterocycles. The number of aliphatic imine (C=N–C) groups is 1. The quantitative estimate of drug-likeness (QED) is 0.325. The summed E-state index contributed by atoms with van der Waals surface area (Å²) in [4.78, 5) is 16.9. The van der Waals surface area contributed by atoms with E-state index in [2.05, 4.69) is 20.5 Å². The van der Waals surface area contributed by atoms with Gasteiger partial charge in [-0.05, 0) is 26.0 Å². The molecule has 0 saturated carbocycles. The molecule has 2 N–H and O–H groups in total. The van der Waals surface area contributed by atoms with Crippen molar-refractivity contribution in [1.29, 1.82) is 0 Å². The van der Waals surface area contributed by atoms with Gasteiger partial charge in [0.25, 0.3) is 0 Å². The average Bonchev–Trinajstić information content (AvgIpc) is 2.69. The Balaban J connectivity index is 2.32. The Labute approximate surface area is 163 Å². The average molecular weight is 389 g/mol. The van der Waals surface area contributed by atoms with Crippen LogP contribution in [0, 0.1) is 15.9 Å². The minimum absolute atomic E-state index is 0.133. The molecule has 0 aliphatic carbocycles. The van der Waals surface area contributed by atoms with Gasteiger partial charge in [-0.15, -0.1) is 0 Å². The van der Waals surface area contributed by atoms with Crippen LogP contribution in [0.1, 0.15) is 13.8 Å². The van der Waals surface area contributed by atoms with Gasteiger partial charge in [0.1, 0.15) is 11.9 Å². The fraction of sp³-hybridized carbons (Fsp3) is 0.316. The first kappa shape index (κ1) is 20.9. The summed E-state index contributed by atoms with van der Waals surface area (Å²) in [6.45, 7) is 4.69. The molecule has 0 heterocycles. The predicted molar refractivity (Wildman–Crippen MR) is 109 cm³/mol. The van der Waals surface area contributed by atoms with E-state index in [9.17, 15) is 14.5 Å². The third-order valence-electron chi connectivity index (χ3n) is 4.15. The van der Waals surface area contributed by atoms with Crippen LogP contribution in [-0.2, 0) is 0 Å². The van der Waals surface area contributed by atoms with Crippen LogP contribution in [0.25, 0.3) is 0 Å². The number of para-hydroxylation sites is 1. The number of nitrogens with one attached hydrogen (secondary N) is 2. The summed E-state index contributed by atoms with van der Waals surface area (Å²) in [6.07, 6.45) is -0.233. The van der Waals surface area contributed by atoms with Gasteiger partial charge in [0.2, 0.25) is 5.82 Å². The Bertz CT molecular complexity index is 845. The van der Waals surface area contributed by atoms with Crippen LogP contribution in [-0.4, -0.2) is 37.8 Å². The molecule has 0 saturated heterocycles. The Hall–Kier alpha value is -3.36. The van der Waals surface area contributed by atoms with Crippen molar-refractivity contribution in [3.8, 4) is 5.75 Å². The summed E-state index contributed by atoms with van der Waals surface area (Å²) in [7, 11) is 3.03. The number of halogens is 1. The molecule has 0 radical (unpaired) electrons. The highest BCUT2D eigenvalue weighted by atomic mass is 19.1. The molecule has 28 heavy (non-hydrogen) atoms. The van der Waals surface area contributed by atoms with Crippen LogP contribution >= 0.6 is 0 Å². The number of rotatable bonds is 7. The van der Waals surface area contributed by atoms with Crippen LogP contribution in [0.4, 0.5) is 21.5 Å². The lowest BCUT2D eigenvalue weighted by atomic mass is 10.2. The van der Waals surface area contributed by atoms with Gasteiger partial charge >= 0.3 is 5.69 Å². The van der Waals surface area contributed by atoms with Crippen LogP contribution in [0.15, 0.2) is 47.5 Å². The predicted octanol–water partition coefficient (Wildman–Crippen LogP) is 3.60. The third kappa shape index (κ3) is 4.87. The zero-order chi connectivity index (χ0) is 20.7. The van der Waals surface area contributed by atoms with Crippen molar-refractivity contribution >= 4 is 23.0 Å². The zero-order valence-corrected chi connectivity index (χ0v) is 16.3. The van der Waals surface area contributed by atoms with Crippen molar-refractivity contribution in [2.24, 2.45) is 4.99 Å². The van der Waals surface area contributed by atoms with Gasteiger partial charge in [-0.1, -0.05) is 18.2 Å². The summed E-state index contributed by atoms with van der Waals surface area (Å²) >= 11 is 0. The number of methoxy groups -OCH3 is 1. The van der Waals surface area contributed by atoms with Gasteiger partial charge in [-0.3, -0.25) is 10.1 Å². The van der Waals surface area contributed by atoms with Gasteiger partial charge in [-0.25, -0.2) is 4.99 Å². The summed E-state index contributed by atoms with van der Waals surface area (Å²) in [6, 6.07) is 11.9. The minimum atomic E-state index is -0.968. The van der Waals surface area contributed by atoms with E-state index >= 15 is 0 Å². The molecule has 2 rings (SSSR count). The summed E-state index contributed by atoms with van der Waals surface area (Å²) in [5.74, 6) is -0.472. The van der Waals surface area contributed by atoms with E-state index < -0.39 is 16.4 Å². The molecule has 0 fully saturated rings. The first-order valence-corrected chi connectivity index (χ1v) is 8.77. The van der Waals surface area contributed by atoms with Crippen molar-refractivity contribution < 1.29 is 14.1 Å². The highest BCUT2D eigenvalue weighted by Gasteiger charge is 2.20. The van der Waals surface area contributed by atoms with E-state index in [1.807, 2.05) is 44.2 Å². The molecule has 150 valence electrons. The first-order valence-electron chi connectivity index (χ1n) is 8.77. The van der Waals surface area contributed by atoms with E-state index in [0.717, 1.165) is 24.4 Å². The van der Waals surface area contributed by atoms with Gasteiger partial charge < -0.3 is 20.3 Å². The largest absolute Gasteiger partial charge is 0.494 e. The molecule has 1 unspecified atom stereocenters. The Kier molecular flexibility index (Phi) is 7.14. The molecule has 0 aromatic heterocycles. The number of hydrogen-bond acceptors (Lipinski definition) is 5. The van der Waals surface area contributed by atoms with E-state index in [0.29, 0.717) is 5.96 Å². The van der Waals surface area contributed by atoms with Gasteiger partial charge in [0.05, 0.1) is 17.7 Å². The lowest BCUT2D eigenvalue weighted by molar-refractivity contribution is -0.387. The minimum Gasteiger partial charge on any atom is -0.494 e. The van der Waals surface area contributed by atoms with Crippen molar-refractivity contribution in [3.63, 3.8) is 0 Å². The molecule has 2 aromatic carbocycles. The normalized spacial score (nSPS) is 12.2. The Morgan fingerprint density at radius 2 is 2.04 bits per heavy atom. The second-order valence-corrected chi connectivity index (χ2v) is 5.87. The highest BCUT2D eigenvalue weighted by Crippen LogP contribution is 2.31.